The van der Waals surface area contributed by atoms with Crippen molar-refractivity contribution in [2.45, 2.75) is 73.7 Å². The molecule has 0 atom stereocenters. The molecule has 0 radical (unpaired) electrons. The standard InChI is InChI=1S/C5H8O2.3C3H7O.Zr/c1-4(6)3-5(2)7;3*1-3(2)4;/h3,6H,1-2H3;3*3H,1-2H3;/q;3*-1;+4/p-1/b4-3-;;;;. The van der Waals surface area contributed by atoms with E-state index in [0.29, 0.717) is 0 Å². The first-order valence-corrected chi connectivity index (χ1v) is 9.78. The SMILES string of the molecule is CC(=O)/C=C(/C)[O-].CC(C)[O][Zr+]([O]C(C)C)[O]C(C)C. The minimum absolute atomic E-state index is 0.187. The summed E-state index contributed by atoms with van der Waals surface area (Å²) in [6, 6.07) is 0. The third kappa shape index (κ3) is 20.3. The third-order valence-electron chi connectivity index (χ3n) is 1.40. The van der Waals surface area contributed by atoms with Gasteiger partial charge in [-0.25, -0.2) is 0 Å². The first-order chi connectivity index (χ1) is 9.04. The molecule has 0 unspecified atom stereocenters. The van der Waals surface area contributed by atoms with E-state index in [1.54, 1.807) is 0 Å². The molecule has 0 aromatic rings. The van der Waals surface area contributed by atoms with Gasteiger partial charge in [-0.1, -0.05) is 6.92 Å². The molecule has 0 bridgehead atoms. The number of hydrogen-bond acceptors (Lipinski definition) is 5. The summed E-state index contributed by atoms with van der Waals surface area (Å²) < 4.78 is 16.9. The molecule has 0 N–H and O–H groups in total. The Morgan fingerprint density at radius 2 is 1.20 bits per heavy atom. The van der Waals surface area contributed by atoms with Crippen molar-refractivity contribution in [1.82, 2.24) is 0 Å². The Bertz CT molecular complexity index is 260. The average Bonchev–Trinajstić information content (AvgIpc) is 2.11. The fourth-order valence-electron chi connectivity index (χ4n) is 0.947. The van der Waals surface area contributed by atoms with Gasteiger partial charge in [0, 0.05) is 0 Å². The molecule has 0 saturated carbocycles. The molecular weight excluding hydrogens is 339 g/mol. The van der Waals surface area contributed by atoms with Crippen LogP contribution in [-0.4, -0.2) is 24.1 Å². The van der Waals surface area contributed by atoms with E-state index in [2.05, 4.69) is 0 Å². The molecule has 0 aliphatic rings. The summed E-state index contributed by atoms with van der Waals surface area (Å²) in [5.41, 5.74) is 0. The van der Waals surface area contributed by atoms with Gasteiger partial charge in [0.25, 0.3) is 0 Å². The van der Waals surface area contributed by atoms with Crippen LogP contribution in [0.3, 0.4) is 0 Å². The second-order valence-electron chi connectivity index (χ2n) is 5.12. The maximum atomic E-state index is 9.98. The summed E-state index contributed by atoms with van der Waals surface area (Å²) in [6.45, 7) is 14.7. The zero-order valence-corrected chi connectivity index (χ0v) is 16.3. The van der Waals surface area contributed by atoms with Crippen molar-refractivity contribution in [2.75, 3.05) is 0 Å². The summed E-state index contributed by atoms with van der Waals surface area (Å²) in [5.74, 6) is -0.375. The van der Waals surface area contributed by atoms with E-state index in [1.165, 1.54) is 13.8 Å². The van der Waals surface area contributed by atoms with E-state index in [4.69, 9.17) is 8.44 Å². The van der Waals surface area contributed by atoms with Crippen LogP contribution in [0.4, 0.5) is 0 Å². The number of carbonyl (C=O) groups is 1. The fourth-order valence-corrected chi connectivity index (χ4v) is 4.19. The van der Waals surface area contributed by atoms with Gasteiger partial charge in [-0.2, -0.15) is 0 Å². The van der Waals surface area contributed by atoms with Crippen molar-refractivity contribution < 1.29 is 41.4 Å². The van der Waals surface area contributed by atoms with Crippen LogP contribution in [0.25, 0.3) is 0 Å². The molecule has 5 nitrogen and oxygen atoms in total. The van der Waals surface area contributed by atoms with Crippen molar-refractivity contribution in [3.8, 4) is 0 Å². The predicted octanol–water partition coefficient (Wildman–Crippen LogP) is 2.46. The van der Waals surface area contributed by atoms with Crippen LogP contribution >= 0.6 is 0 Å². The van der Waals surface area contributed by atoms with E-state index in [0.717, 1.165) is 6.08 Å². The molecule has 0 aromatic carbocycles. The van der Waals surface area contributed by atoms with Crippen molar-refractivity contribution in [3.05, 3.63) is 11.8 Å². The monoisotopic (exact) mass is 366 g/mol. The predicted molar refractivity (Wildman–Crippen MR) is 73.1 cm³/mol. The quantitative estimate of drug-likeness (QED) is 0.511. The zero-order valence-electron chi connectivity index (χ0n) is 13.9. The number of carbonyl (C=O) groups excluding carboxylic acids is 1. The normalized spacial score (nSPS) is 11.7. The molecule has 20 heavy (non-hydrogen) atoms. The zero-order chi connectivity index (χ0) is 16.3. The van der Waals surface area contributed by atoms with Gasteiger partial charge in [0.05, 0.1) is 0 Å². The third-order valence-corrected chi connectivity index (χ3v) is 6.30. The number of hydrogen-bond donors (Lipinski definition) is 0. The molecule has 0 amide bonds. The molecule has 0 saturated heterocycles. The van der Waals surface area contributed by atoms with Crippen LogP contribution in [-0.2, 0) is 36.3 Å². The molecule has 0 aliphatic carbocycles. The van der Waals surface area contributed by atoms with Gasteiger partial charge < -0.3 is 5.11 Å². The number of rotatable bonds is 7. The Morgan fingerprint density at radius 1 is 0.900 bits per heavy atom. The van der Waals surface area contributed by atoms with E-state index in [9.17, 15) is 9.90 Å². The molecule has 0 aliphatic heterocycles. The summed E-state index contributed by atoms with van der Waals surface area (Å²) in [4.78, 5) is 9.98. The topological polar surface area (TPSA) is 67.8 Å². The van der Waals surface area contributed by atoms with Crippen molar-refractivity contribution in [3.63, 3.8) is 0 Å². The molecule has 0 fully saturated rings. The van der Waals surface area contributed by atoms with E-state index >= 15 is 0 Å². The molecule has 0 spiro atoms. The molecule has 118 valence electrons. The first kappa shape index (κ1) is 22.3. The Kier molecular flexibility index (Phi) is 14.1. The number of ketones is 1. The van der Waals surface area contributed by atoms with Crippen LogP contribution < -0.4 is 5.11 Å². The van der Waals surface area contributed by atoms with Gasteiger partial charge in [0.15, 0.2) is 5.78 Å². The van der Waals surface area contributed by atoms with Crippen LogP contribution in [0.2, 0.25) is 0 Å². The summed E-state index contributed by atoms with van der Waals surface area (Å²) in [7, 11) is 0. The minimum atomic E-state index is -2.48. The van der Waals surface area contributed by atoms with E-state index in [1.807, 2.05) is 41.5 Å². The van der Waals surface area contributed by atoms with Gasteiger partial charge in [0.1, 0.15) is 0 Å². The Balaban J connectivity index is 0. The van der Waals surface area contributed by atoms with Crippen LogP contribution in [0.1, 0.15) is 55.4 Å². The summed E-state index contributed by atoms with van der Waals surface area (Å²) in [6.07, 6.45) is 1.66. The maximum absolute atomic E-state index is 9.98. The van der Waals surface area contributed by atoms with Crippen molar-refractivity contribution in [1.29, 1.82) is 0 Å². The van der Waals surface area contributed by atoms with Gasteiger partial charge >= 0.3 is 91.4 Å². The summed E-state index contributed by atoms with van der Waals surface area (Å²) >= 11 is -2.48. The van der Waals surface area contributed by atoms with Gasteiger partial charge in [-0.05, 0) is 13.0 Å². The molecule has 6 heteroatoms. The Morgan fingerprint density at radius 3 is 1.30 bits per heavy atom. The molecule has 0 heterocycles. The molecular formula is C14H28O5Zr. The van der Waals surface area contributed by atoms with Gasteiger partial charge in [-0.15, -0.1) is 5.76 Å². The second kappa shape index (κ2) is 12.7. The van der Waals surface area contributed by atoms with E-state index < -0.39 is 23.1 Å². The average molecular weight is 368 g/mol. The Hall–Kier alpha value is -0.0269. The fraction of sp³-hybridized carbons (Fsp3) is 0.786. The second-order valence-corrected chi connectivity index (χ2v) is 8.08. The molecule has 0 rings (SSSR count). The van der Waals surface area contributed by atoms with Gasteiger partial charge in [-0.3, -0.25) is 4.79 Å². The van der Waals surface area contributed by atoms with Gasteiger partial charge in [0.2, 0.25) is 0 Å². The van der Waals surface area contributed by atoms with Crippen LogP contribution in [0.5, 0.6) is 0 Å². The number of allylic oxidation sites excluding steroid dienone is 2. The van der Waals surface area contributed by atoms with Crippen LogP contribution in [0, 0.1) is 0 Å². The van der Waals surface area contributed by atoms with Crippen LogP contribution in [0.15, 0.2) is 11.8 Å². The first-order valence-electron chi connectivity index (χ1n) is 6.77. The van der Waals surface area contributed by atoms with E-state index in [-0.39, 0.29) is 29.9 Å². The Labute approximate surface area is 132 Å². The summed E-state index contributed by atoms with van der Waals surface area (Å²) in [5, 5.41) is 9.98. The molecule has 0 aromatic heterocycles. The van der Waals surface area contributed by atoms with Crippen molar-refractivity contribution >= 4 is 5.78 Å². The van der Waals surface area contributed by atoms with Crippen molar-refractivity contribution in [2.24, 2.45) is 0 Å².